The Hall–Kier alpha value is -2.42. The first-order valence-corrected chi connectivity index (χ1v) is 6.00. The molecule has 96 valence electrons. The molecule has 0 spiro atoms. The van der Waals surface area contributed by atoms with Gasteiger partial charge >= 0.3 is 0 Å². The van der Waals surface area contributed by atoms with Gasteiger partial charge in [-0.2, -0.15) is 0 Å². The molecule has 0 radical (unpaired) electrons. The minimum atomic E-state index is 0.0322. The van der Waals surface area contributed by atoms with E-state index >= 15 is 0 Å². The van der Waals surface area contributed by atoms with Crippen molar-refractivity contribution in [1.82, 2.24) is 0 Å². The molecule has 0 heterocycles. The van der Waals surface area contributed by atoms with E-state index in [-0.39, 0.29) is 5.78 Å². The molecule has 0 fully saturated rings. The molecule has 2 aromatic carbocycles. The zero-order valence-corrected chi connectivity index (χ0v) is 10.6. The highest BCUT2D eigenvalue weighted by Gasteiger charge is 2.01. The van der Waals surface area contributed by atoms with Crippen molar-refractivity contribution in [1.29, 1.82) is 0 Å². The Labute approximate surface area is 111 Å². The van der Waals surface area contributed by atoms with Crippen molar-refractivity contribution in [3.05, 3.63) is 59.7 Å². The molecule has 0 aliphatic rings. The van der Waals surface area contributed by atoms with Crippen LogP contribution in [0.4, 0.5) is 0 Å². The number of hydrogen-bond donors (Lipinski definition) is 0. The number of Topliss-reactive ketones (excluding diaryl/α,β-unsaturated/α-hetero) is 1. The first-order chi connectivity index (χ1) is 9.19. The Morgan fingerprint density at radius 2 is 1.53 bits per heavy atom. The van der Waals surface area contributed by atoms with Crippen LogP contribution in [0.1, 0.15) is 22.8 Å². The Bertz CT molecular complexity index is 568. The van der Waals surface area contributed by atoms with Crippen molar-refractivity contribution in [2.45, 2.75) is 13.3 Å². The third kappa shape index (κ3) is 3.52. The van der Waals surface area contributed by atoms with E-state index < -0.39 is 0 Å². The fourth-order valence-corrected chi connectivity index (χ4v) is 1.68. The summed E-state index contributed by atoms with van der Waals surface area (Å²) in [6.07, 6.45) is 1.28. The van der Waals surface area contributed by atoms with Crippen molar-refractivity contribution in [3.8, 4) is 11.5 Å². The van der Waals surface area contributed by atoms with E-state index in [0.29, 0.717) is 23.5 Å². The number of ether oxygens (including phenoxy) is 1. The molecule has 2 rings (SSSR count). The van der Waals surface area contributed by atoms with Crippen molar-refractivity contribution < 1.29 is 14.3 Å². The first-order valence-electron chi connectivity index (χ1n) is 6.00. The second kappa shape index (κ2) is 5.96. The maximum absolute atomic E-state index is 11.1. The van der Waals surface area contributed by atoms with Gasteiger partial charge in [-0.25, -0.2) is 0 Å². The van der Waals surface area contributed by atoms with E-state index in [1.165, 1.54) is 6.92 Å². The third-order valence-corrected chi connectivity index (χ3v) is 2.74. The summed E-state index contributed by atoms with van der Waals surface area (Å²) in [5, 5.41) is 0. The number of carbonyl (C=O) groups is 2. The smallest absolute Gasteiger partial charge is 0.159 e. The van der Waals surface area contributed by atoms with Gasteiger partial charge in [0.25, 0.3) is 0 Å². The number of aldehydes is 1. The molecule has 0 unspecified atom stereocenters. The summed E-state index contributed by atoms with van der Waals surface area (Å²) in [4.78, 5) is 21.5. The molecule has 3 heteroatoms. The lowest BCUT2D eigenvalue weighted by Gasteiger charge is -2.06. The predicted molar refractivity (Wildman–Crippen MR) is 72.7 cm³/mol. The van der Waals surface area contributed by atoms with Crippen molar-refractivity contribution in [3.63, 3.8) is 0 Å². The highest BCUT2D eigenvalue weighted by Crippen LogP contribution is 2.22. The van der Waals surface area contributed by atoms with Crippen LogP contribution >= 0.6 is 0 Å². The van der Waals surface area contributed by atoms with Crippen LogP contribution in [0.3, 0.4) is 0 Å². The van der Waals surface area contributed by atoms with E-state index in [1.807, 2.05) is 24.3 Å². The molecule has 0 aliphatic heterocycles. The van der Waals surface area contributed by atoms with Crippen LogP contribution in [0, 0.1) is 0 Å². The number of rotatable bonds is 5. The second-order valence-electron chi connectivity index (χ2n) is 4.20. The lowest BCUT2D eigenvalue weighted by atomic mass is 10.1. The van der Waals surface area contributed by atoms with E-state index in [0.717, 1.165) is 11.8 Å². The molecule has 0 atom stereocenters. The van der Waals surface area contributed by atoms with E-state index in [2.05, 4.69) is 0 Å². The topological polar surface area (TPSA) is 43.4 Å². The number of benzene rings is 2. The Balaban J connectivity index is 2.07. The molecule has 0 aliphatic carbocycles. The van der Waals surface area contributed by atoms with Crippen LogP contribution in [0.2, 0.25) is 0 Å². The van der Waals surface area contributed by atoms with Crippen molar-refractivity contribution in [2.24, 2.45) is 0 Å². The zero-order valence-electron chi connectivity index (χ0n) is 10.6. The van der Waals surface area contributed by atoms with Gasteiger partial charge in [-0.1, -0.05) is 12.1 Å². The fraction of sp³-hybridized carbons (Fsp3) is 0.125. The Morgan fingerprint density at radius 3 is 2.00 bits per heavy atom. The van der Waals surface area contributed by atoms with Gasteiger partial charge in [0.2, 0.25) is 0 Å². The van der Waals surface area contributed by atoms with Crippen molar-refractivity contribution in [2.75, 3.05) is 0 Å². The highest BCUT2D eigenvalue weighted by molar-refractivity contribution is 5.94. The van der Waals surface area contributed by atoms with Gasteiger partial charge in [0, 0.05) is 12.0 Å². The highest BCUT2D eigenvalue weighted by atomic mass is 16.5. The molecule has 0 N–H and O–H groups in total. The van der Waals surface area contributed by atoms with E-state index in [9.17, 15) is 9.59 Å². The quantitative estimate of drug-likeness (QED) is 0.606. The average Bonchev–Trinajstić information content (AvgIpc) is 2.42. The van der Waals surface area contributed by atoms with Gasteiger partial charge in [0.15, 0.2) is 5.78 Å². The lowest BCUT2D eigenvalue weighted by Crippen LogP contribution is -1.91. The Morgan fingerprint density at radius 1 is 1.00 bits per heavy atom. The summed E-state index contributed by atoms with van der Waals surface area (Å²) in [5.74, 6) is 1.41. The maximum Gasteiger partial charge on any atom is 0.159 e. The molecule has 19 heavy (non-hydrogen) atoms. The fourth-order valence-electron chi connectivity index (χ4n) is 1.68. The van der Waals surface area contributed by atoms with Gasteiger partial charge < -0.3 is 9.53 Å². The average molecular weight is 254 g/mol. The molecular weight excluding hydrogens is 240 g/mol. The molecule has 0 amide bonds. The second-order valence-corrected chi connectivity index (χ2v) is 4.20. The summed E-state index contributed by atoms with van der Waals surface area (Å²) in [7, 11) is 0. The molecule has 2 aromatic rings. The molecular formula is C16H14O3. The van der Waals surface area contributed by atoms with Crippen molar-refractivity contribution >= 4 is 12.1 Å². The zero-order chi connectivity index (χ0) is 13.7. The molecule has 3 nitrogen and oxygen atoms in total. The largest absolute Gasteiger partial charge is 0.457 e. The van der Waals surface area contributed by atoms with Gasteiger partial charge in [-0.15, -0.1) is 0 Å². The summed E-state index contributed by atoms with van der Waals surface area (Å²) in [6.45, 7) is 1.53. The third-order valence-electron chi connectivity index (χ3n) is 2.74. The molecule has 0 saturated carbocycles. The van der Waals surface area contributed by atoms with Crippen LogP contribution in [0.5, 0.6) is 11.5 Å². The SMILES string of the molecule is CC(=O)c1ccc(Oc2ccc(CC=O)cc2)cc1. The maximum atomic E-state index is 11.1. The predicted octanol–water partition coefficient (Wildman–Crippen LogP) is 3.42. The molecule has 0 bridgehead atoms. The van der Waals surface area contributed by atoms with Crippen LogP contribution in [-0.4, -0.2) is 12.1 Å². The normalized spacial score (nSPS) is 9.95. The minimum Gasteiger partial charge on any atom is -0.457 e. The van der Waals surface area contributed by atoms with Crippen LogP contribution < -0.4 is 4.74 Å². The minimum absolute atomic E-state index is 0.0322. The van der Waals surface area contributed by atoms with Crippen LogP contribution in [0.15, 0.2) is 48.5 Å². The molecule has 0 saturated heterocycles. The number of carbonyl (C=O) groups excluding carboxylic acids is 2. The van der Waals surface area contributed by atoms with Crippen LogP contribution in [0.25, 0.3) is 0 Å². The Kier molecular flexibility index (Phi) is 4.08. The number of ketones is 1. The summed E-state index contributed by atoms with van der Waals surface area (Å²) < 4.78 is 5.65. The first kappa shape index (κ1) is 13.0. The van der Waals surface area contributed by atoms with Gasteiger partial charge in [0.05, 0.1) is 0 Å². The lowest BCUT2D eigenvalue weighted by molar-refractivity contribution is -0.107. The van der Waals surface area contributed by atoms with E-state index in [1.54, 1.807) is 24.3 Å². The summed E-state index contributed by atoms with van der Waals surface area (Å²) in [6, 6.07) is 14.3. The van der Waals surface area contributed by atoms with Crippen LogP contribution in [-0.2, 0) is 11.2 Å². The van der Waals surface area contributed by atoms with E-state index in [4.69, 9.17) is 4.74 Å². The standard InChI is InChI=1S/C16H14O3/c1-12(18)14-4-8-16(9-5-14)19-15-6-2-13(3-7-15)10-11-17/h2-9,11H,10H2,1H3. The number of hydrogen-bond acceptors (Lipinski definition) is 3. The summed E-state index contributed by atoms with van der Waals surface area (Å²) in [5.41, 5.74) is 1.61. The monoisotopic (exact) mass is 254 g/mol. The molecule has 0 aromatic heterocycles. The van der Waals surface area contributed by atoms with Gasteiger partial charge in [-0.3, -0.25) is 4.79 Å². The summed E-state index contributed by atoms with van der Waals surface area (Å²) >= 11 is 0. The van der Waals surface area contributed by atoms with Gasteiger partial charge in [-0.05, 0) is 48.9 Å². The van der Waals surface area contributed by atoms with Gasteiger partial charge in [0.1, 0.15) is 17.8 Å².